The molecule has 0 heterocycles. The van der Waals surface area contributed by atoms with E-state index in [1.807, 2.05) is 0 Å². The van der Waals surface area contributed by atoms with Crippen molar-refractivity contribution in [3.05, 3.63) is 0 Å². The fraction of sp³-hybridized carbons (Fsp3) is 0. The minimum atomic E-state index is 0. The molecule has 0 fully saturated rings. The minimum absolute atomic E-state index is 0. The Labute approximate surface area is 60.2 Å². The van der Waals surface area contributed by atoms with E-state index in [-0.39, 0.29) is 33.8 Å². The summed E-state index contributed by atoms with van der Waals surface area (Å²) in [4.78, 5) is 0. The van der Waals surface area contributed by atoms with Crippen LogP contribution in [0.2, 0.25) is 0 Å². The van der Waals surface area contributed by atoms with Gasteiger partial charge in [-0.05, 0) is 0 Å². The molecule has 4 heteroatoms. The van der Waals surface area contributed by atoms with Crippen molar-refractivity contribution in [3.8, 4) is 0 Å². The molecule has 0 rings (SSSR count). The van der Waals surface area contributed by atoms with E-state index in [2.05, 4.69) is 5.93 Å². The summed E-state index contributed by atoms with van der Waals surface area (Å²) in [5.41, 5.74) is 0. The van der Waals surface area contributed by atoms with Gasteiger partial charge in [0.2, 0.25) is 0 Å². The molecule has 4 heavy (non-hydrogen) atoms. The summed E-state index contributed by atoms with van der Waals surface area (Å²) < 4.78 is 0. The maximum Gasteiger partial charge on any atom is 0 e. The van der Waals surface area contributed by atoms with Gasteiger partial charge in [0.15, 0.2) is 0 Å². The maximum atomic E-state index is 2.11. The van der Waals surface area contributed by atoms with Gasteiger partial charge in [0.1, 0.15) is 0 Å². The van der Waals surface area contributed by atoms with Crippen LogP contribution in [-0.2, 0) is 54.7 Å². The molecule has 1 radical (unpaired) electrons. The van der Waals surface area contributed by atoms with E-state index in [0.29, 0.717) is 0 Å². The van der Waals surface area contributed by atoms with Gasteiger partial charge in [-0.15, -0.1) is 0 Å². The SMILES string of the molecule is [BH2][Ta].[Co].[Fe]. The second-order valence-electron chi connectivity index (χ2n) is 0. The molecule has 0 unspecified atom stereocenters. The number of rotatable bonds is 0. The molecule has 0 bridgehead atoms. The van der Waals surface area contributed by atoms with Gasteiger partial charge in [0.25, 0.3) is 0 Å². The Balaban J connectivity index is -0.00000000500. The molecule has 0 atom stereocenters. The summed E-state index contributed by atoms with van der Waals surface area (Å²) >= 11 is 1.44. The fourth-order valence-electron chi connectivity index (χ4n) is 0. The Kier molecular flexibility index (Phi) is 89.8. The molecule has 0 spiro atoms. The smallest absolute Gasteiger partial charge is 0 e. The van der Waals surface area contributed by atoms with Gasteiger partial charge in [-0.2, -0.15) is 0 Å². The molecule has 0 amide bonds. The predicted octanol–water partition coefficient (Wildman–Crippen LogP) is -0.924. The van der Waals surface area contributed by atoms with Crippen LogP contribution in [0.15, 0.2) is 0 Å². The van der Waals surface area contributed by atoms with Crippen molar-refractivity contribution in [3.63, 3.8) is 0 Å². The van der Waals surface area contributed by atoms with Crippen LogP contribution in [-0.4, -0.2) is 5.93 Å². The normalized spacial score (nSPS) is 1.00. The van der Waals surface area contributed by atoms with Gasteiger partial charge in [-0.25, -0.2) is 0 Å². The first-order valence-electron chi connectivity index (χ1n) is 0.447. The standard InChI is InChI=1S/BH2.Co.Fe.Ta/h1H2;;;/q+1;;;-1. The van der Waals surface area contributed by atoms with E-state index < -0.39 is 0 Å². The van der Waals surface area contributed by atoms with E-state index in [9.17, 15) is 0 Å². The Morgan fingerprint density at radius 1 is 1.25 bits per heavy atom. The fourth-order valence-corrected chi connectivity index (χ4v) is 0. The molecular formula is H2BCoFeTa. The Hall–Kier alpha value is 1.83. The van der Waals surface area contributed by atoms with E-state index in [1.165, 1.54) is 20.9 Å². The monoisotopic (exact) mass is 309 g/mol. The van der Waals surface area contributed by atoms with Gasteiger partial charge in [-0.1, -0.05) is 0 Å². The Bertz CT molecular complexity index is 8.00. The molecule has 27 valence electrons. The van der Waals surface area contributed by atoms with Gasteiger partial charge in [0, 0.05) is 33.8 Å². The zero-order valence-corrected chi connectivity index (χ0v) is 7.49. The van der Waals surface area contributed by atoms with Crippen LogP contribution in [0.4, 0.5) is 0 Å². The van der Waals surface area contributed by atoms with Crippen molar-refractivity contribution < 1.29 is 54.7 Å². The molecule has 0 nitrogen and oxygen atoms in total. The van der Waals surface area contributed by atoms with Gasteiger partial charge < -0.3 is 0 Å². The minimum Gasteiger partial charge on any atom is 0 e. The molecule has 0 N–H and O–H groups in total. The number of hydrogen-bond acceptors (Lipinski definition) is 0. The second kappa shape index (κ2) is 21.1. The first-order chi connectivity index (χ1) is 1.00. The quantitative estimate of drug-likeness (QED) is 0.508. The van der Waals surface area contributed by atoms with Crippen LogP contribution in [0.1, 0.15) is 0 Å². The van der Waals surface area contributed by atoms with Crippen molar-refractivity contribution in [1.29, 1.82) is 0 Å². The van der Waals surface area contributed by atoms with Crippen molar-refractivity contribution >= 4 is 5.93 Å². The Morgan fingerprint density at radius 3 is 1.25 bits per heavy atom. The van der Waals surface area contributed by atoms with Gasteiger partial charge in [-0.3, -0.25) is 0 Å². The van der Waals surface area contributed by atoms with Crippen LogP contribution in [0.25, 0.3) is 0 Å². The summed E-state index contributed by atoms with van der Waals surface area (Å²) in [6.45, 7) is 0. The van der Waals surface area contributed by atoms with E-state index in [1.54, 1.807) is 0 Å². The van der Waals surface area contributed by atoms with Crippen LogP contribution >= 0.6 is 0 Å². The molecule has 0 aromatic heterocycles. The van der Waals surface area contributed by atoms with Crippen LogP contribution in [0.3, 0.4) is 0 Å². The third-order valence-corrected chi connectivity index (χ3v) is 0. The number of hydrogen-bond donors (Lipinski definition) is 0. The molecule has 0 saturated heterocycles. The van der Waals surface area contributed by atoms with Crippen LogP contribution in [0, 0.1) is 0 Å². The average molecular weight is 309 g/mol. The second-order valence-corrected chi connectivity index (χ2v) is 0. The summed E-state index contributed by atoms with van der Waals surface area (Å²) in [5.74, 6) is 2.11. The van der Waals surface area contributed by atoms with Gasteiger partial charge >= 0.3 is 26.8 Å². The predicted molar refractivity (Wildman–Crippen MR) is 8.54 cm³/mol. The van der Waals surface area contributed by atoms with E-state index in [4.69, 9.17) is 0 Å². The maximum absolute atomic E-state index is 2.11. The molecule has 0 aromatic rings. The molecule has 0 aliphatic carbocycles. The largest absolute Gasteiger partial charge is 0 e. The molecule has 0 aliphatic heterocycles. The third kappa shape index (κ3) is 9.16. The molecule has 0 aromatic carbocycles. The van der Waals surface area contributed by atoms with Crippen molar-refractivity contribution in [2.75, 3.05) is 0 Å². The topological polar surface area (TPSA) is 0 Å². The van der Waals surface area contributed by atoms with E-state index >= 15 is 0 Å². The molecule has 0 aliphatic rings. The zero-order chi connectivity index (χ0) is 2.00. The Morgan fingerprint density at radius 2 is 1.25 bits per heavy atom. The average Bonchev–Trinajstić information content (AvgIpc) is 1.00. The van der Waals surface area contributed by atoms with Gasteiger partial charge in [0.05, 0.1) is 0 Å². The van der Waals surface area contributed by atoms with E-state index in [0.717, 1.165) is 0 Å². The first kappa shape index (κ1) is 17.0. The summed E-state index contributed by atoms with van der Waals surface area (Å²) in [5, 5.41) is 0. The molecular weight excluding hydrogens is 307 g/mol. The zero-order valence-electron chi connectivity index (χ0n) is 2.13. The van der Waals surface area contributed by atoms with Crippen LogP contribution in [0.5, 0.6) is 0 Å². The van der Waals surface area contributed by atoms with Crippen molar-refractivity contribution in [2.45, 2.75) is 0 Å². The summed E-state index contributed by atoms with van der Waals surface area (Å²) in [6.07, 6.45) is 0. The summed E-state index contributed by atoms with van der Waals surface area (Å²) in [6, 6.07) is 0. The first-order valence-corrected chi connectivity index (χ1v) is 3.66. The third-order valence-electron chi connectivity index (χ3n) is 0. The molecule has 0 saturated carbocycles. The summed E-state index contributed by atoms with van der Waals surface area (Å²) in [7, 11) is 0. The van der Waals surface area contributed by atoms with Crippen molar-refractivity contribution in [2.24, 2.45) is 0 Å². The van der Waals surface area contributed by atoms with Crippen molar-refractivity contribution in [1.82, 2.24) is 0 Å². The van der Waals surface area contributed by atoms with Crippen LogP contribution < -0.4 is 0 Å².